The standard InChI is InChI=1S/C11H16ClN7/c1-7(2)8(3)4-14-10-16-9(12)17-11(18-10)19-6-13-5-15-19/h5-8H,4H2,1-3H3,(H,14,16,17,18). The molecule has 2 rings (SSSR count). The van der Waals surface area contributed by atoms with Gasteiger partial charge in [0.25, 0.3) is 5.95 Å². The summed E-state index contributed by atoms with van der Waals surface area (Å²) in [5, 5.41) is 7.24. The van der Waals surface area contributed by atoms with Crippen LogP contribution in [0.5, 0.6) is 0 Å². The van der Waals surface area contributed by atoms with Crippen molar-refractivity contribution < 1.29 is 0 Å². The van der Waals surface area contributed by atoms with E-state index in [1.807, 2.05) is 0 Å². The zero-order valence-electron chi connectivity index (χ0n) is 11.1. The molecule has 0 saturated carbocycles. The first-order valence-corrected chi connectivity index (χ1v) is 6.44. The quantitative estimate of drug-likeness (QED) is 0.900. The molecule has 19 heavy (non-hydrogen) atoms. The molecule has 0 aromatic carbocycles. The number of hydrogen-bond donors (Lipinski definition) is 1. The van der Waals surface area contributed by atoms with Crippen LogP contribution in [0.4, 0.5) is 5.95 Å². The summed E-state index contributed by atoms with van der Waals surface area (Å²) >= 11 is 5.88. The van der Waals surface area contributed by atoms with Crippen LogP contribution in [0, 0.1) is 11.8 Å². The maximum Gasteiger partial charge on any atom is 0.258 e. The molecule has 1 atom stereocenters. The number of hydrogen-bond acceptors (Lipinski definition) is 6. The Bertz CT molecular complexity index is 526. The molecule has 1 N–H and O–H groups in total. The molecule has 2 aromatic rings. The van der Waals surface area contributed by atoms with E-state index in [-0.39, 0.29) is 5.28 Å². The largest absolute Gasteiger partial charge is 0.354 e. The molecule has 0 saturated heterocycles. The zero-order chi connectivity index (χ0) is 13.8. The zero-order valence-corrected chi connectivity index (χ0v) is 11.8. The van der Waals surface area contributed by atoms with E-state index in [0.717, 1.165) is 6.54 Å². The van der Waals surface area contributed by atoms with Crippen LogP contribution in [-0.2, 0) is 0 Å². The Labute approximate surface area is 116 Å². The van der Waals surface area contributed by atoms with Gasteiger partial charge in [0.1, 0.15) is 12.7 Å². The van der Waals surface area contributed by atoms with E-state index in [1.54, 1.807) is 0 Å². The lowest BCUT2D eigenvalue weighted by atomic mass is 9.98. The van der Waals surface area contributed by atoms with Crippen LogP contribution >= 0.6 is 11.6 Å². The van der Waals surface area contributed by atoms with Gasteiger partial charge < -0.3 is 5.32 Å². The van der Waals surface area contributed by atoms with Crippen molar-refractivity contribution in [3.63, 3.8) is 0 Å². The minimum Gasteiger partial charge on any atom is -0.354 e. The van der Waals surface area contributed by atoms with E-state index in [2.05, 4.69) is 51.1 Å². The molecule has 0 radical (unpaired) electrons. The van der Waals surface area contributed by atoms with Gasteiger partial charge >= 0.3 is 0 Å². The van der Waals surface area contributed by atoms with Gasteiger partial charge in [-0.25, -0.2) is 4.98 Å². The van der Waals surface area contributed by atoms with Crippen molar-refractivity contribution in [1.29, 1.82) is 0 Å². The number of anilines is 1. The molecular weight excluding hydrogens is 266 g/mol. The smallest absolute Gasteiger partial charge is 0.258 e. The van der Waals surface area contributed by atoms with Crippen molar-refractivity contribution in [2.45, 2.75) is 20.8 Å². The molecule has 0 aliphatic carbocycles. The fraction of sp³-hybridized carbons (Fsp3) is 0.545. The monoisotopic (exact) mass is 281 g/mol. The molecular formula is C11H16ClN7. The molecule has 8 heteroatoms. The number of rotatable bonds is 5. The fourth-order valence-corrected chi connectivity index (χ4v) is 1.48. The number of halogens is 1. The summed E-state index contributed by atoms with van der Waals surface area (Å²) in [6, 6.07) is 0. The third-order valence-corrected chi connectivity index (χ3v) is 3.11. The minimum absolute atomic E-state index is 0.125. The second-order valence-corrected chi connectivity index (χ2v) is 5.01. The molecule has 0 aliphatic rings. The Morgan fingerprint density at radius 3 is 2.68 bits per heavy atom. The normalized spacial score (nSPS) is 12.7. The van der Waals surface area contributed by atoms with Gasteiger partial charge in [0.15, 0.2) is 0 Å². The Morgan fingerprint density at radius 1 is 1.26 bits per heavy atom. The first kappa shape index (κ1) is 13.7. The van der Waals surface area contributed by atoms with Gasteiger partial charge in [0.05, 0.1) is 0 Å². The SMILES string of the molecule is CC(C)C(C)CNc1nc(Cl)nc(-n2cncn2)n1. The van der Waals surface area contributed by atoms with Gasteiger partial charge in [-0.3, -0.25) is 0 Å². The molecule has 1 unspecified atom stereocenters. The molecule has 0 spiro atoms. The molecule has 0 bridgehead atoms. The van der Waals surface area contributed by atoms with Crippen LogP contribution in [0.25, 0.3) is 5.95 Å². The predicted molar refractivity (Wildman–Crippen MR) is 72.2 cm³/mol. The fourth-order valence-electron chi connectivity index (χ4n) is 1.32. The Hall–Kier alpha value is -1.76. The van der Waals surface area contributed by atoms with Crippen LogP contribution in [0.2, 0.25) is 5.28 Å². The lowest BCUT2D eigenvalue weighted by Gasteiger charge is -2.16. The second kappa shape index (κ2) is 5.92. The first-order chi connectivity index (χ1) is 9.06. The Balaban J connectivity index is 2.13. The van der Waals surface area contributed by atoms with Gasteiger partial charge in [0, 0.05) is 6.54 Å². The molecule has 2 aromatic heterocycles. The van der Waals surface area contributed by atoms with Crippen molar-refractivity contribution in [2.75, 3.05) is 11.9 Å². The average Bonchev–Trinajstić information content (AvgIpc) is 2.89. The summed E-state index contributed by atoms with van der Waals surface area (Å²) in [5.74, 6) is 1.88. The van der Waals surface area contributed by atoms with Gasteiger partial charge in [-0.1, -0.05) is 20.8 Å². The maximum atomic E-state index is 5.88. The van der Waals surface area contributed by atoms with Crippen LogP contribution in [-0.4, -0.2) is 36.3 Å². The highest BCUT2D eigenvalue weighted by Crippen LogP contribution is 2.12. The summed E-state index contributed by atoms with van der Waals surface area (Å²) in [7, 11) is 0. The molecule has 2 heterocycles. The second-order valence-electron chi connectivity index (χ2n) is 4.67. The molecule has 7 nitrogen and oxygen atoms in total. The van der Waals surface area contributed by atoms with E-state index >= 15 is 0 Å². The summed E-state index contributed by atoms with van der Waals surface area (Å²) in [4.78, 5) is 16.1. The number of nitrogens with one attached hydrogen (secondary N) is 1. The molecule has 0 amide bonds. The minimum atomic E-state index is 0.125. The Kier molecular flexibility index (Phi) is 4.26. The van der Waals surface area contributed by atoms with Crippen molar-refractivity contribution in [3.8, 4) is 5.95 Å². The lowest BCUT2D eigenvalue weighted by molar-refractivity contribution is 0.439. The van der Waals surface area contributed by atoms with Crippen molar-refractivity contribution >= 4 is 17.5 Å². The van der Waals surface area contributed by atoms with Gasteiger partial charge in [-0.05, 0) is 23.4 Å². The third kappa shape index (κ3) is 3.60. The van der Waals surface area contributed by atoms with Gasteiger partial charge in [-0.2, -0.15) is 24.7 Å². The van der Waals surface area contributed by atoms with Crippen LogP contribution in [0.15, 0.2) is 12.7 Å². The van der Waals surface area contributed by atoms with E-state index in [0.29, 0.717) is 23.7 Å². The van der Waals surface area contributed by atoms with E-state index < -0.39 is 0 Å². The molecule has 0 aliphatic heterocycles. The van der Waals surface area contributed by atoms with Gasteiger partial charge in [-0.15, -0.1) is 0 Å². The highest BCUT2D eigenvalue weighted by molar-refractivity contribution is 6.28. The van der Waals surface area contributed by atoms with E-state index in [1.165, 1.54) is 17.3 Å². The first-order valence-electron chi connectivity index (χ1n) is 6.06. The number of aromatic nitrogens is 6. The van der Waals surface area contributed by atoms with Crippen LogP contribution < -0.4 is 5.32 Å². The summed E-state index contributed by atoms with van der Waals surface area (Å²) < 4.78 is 1.44. The van der Waals surface area contributed by atoms with Crippen molar-refractivity contribution in [2.24, 2.45) is 11.8 Å². The number of nitrogens with zero attached hydrogens (tertiary/aromatic N) is 6. The summed E-state index contributed by atoms with van der Waals surface area (Å²) in [6.07, 6.45) is 2.91. The molecule has 0 fully saturated rings. The predicted octanol–water partition coefficient (Wildman–Crippen LogP) is 1.81. The Morgan fingerprint density at radius 2 is 2.05 bits per heavy atom. The highest BCUT2D eigenvalue weighted by atomic mass is 35.5. The maximum absolute atomic E-state index is 5.88. The van der Waals surface area contributed by atoms with E-state index in [9.17, 15) is 0 Å². The van der Waals surface area contributed by atoms with E-state index in [4.69, 9.17) is 11.6 Å². The highest BCUT2D eigenvalue weighted by Gasteiger charge is 2.10. The van der Waals surface area contributed by atoms with Crippen molar-refractivity contribution in [1.82, 2.24) is 29.7 Å². The van der Waals surface area contributed by atoms with Gasteiger partial charge in [0.2, 0.25) is 11.2 Å². The van der Waals surface area contributed by atoms with Crippen molar-refractivity contribution in [3.05, 3.63) is 17.9 Å². The molecule has 102 valence electrons. The average molecular weight is 282 g/mol. The summed E-state index contributed by atoms with van der Waals surface area (Å²) in [6.45, 7) is 7.29. The third-order valence-electron chi connectivity index (χ3n) is 2.94. The van der Waals surface area contributed by atoms with Crippen LogP contribution in [0.3, 0.4) is 0 Å². The summed E-state index contributed by atoms with van der Waals surface area (Å²) in [5.41, 5.74) is 0. The topological polar surface area (TPSA) is 81.4 Å². The lowest BCUT2D eigenvalue weighted by Crippen LogP contribution is -2.18. The van der Waals surface area contributed by atoms with Crippen LogP contribution in [0.1, 0.15) is 20.8 Å².